The summed E-state index contributed by atoms with van der Waals surface area (Å²) in [5.41, 5.74) is -0.462. The number of nitro groups is 1. The van der Waals surface area contributed by atoms with Crippen molar-refractivity contribution in [2.45, 2.75) is 0 Å². The van der Waals surface area contributed by atoms with Crippen molar-refractivity contribution in [3.8, 4) is 0 Å². The van der Waals surface area contributed by atoms with Crippen LogP contribution in [0.2, 0.25) is 0 Å². The van der Waals surface area contributed by atoms with Crippen molar-refractivity contribution < 1.29 is 13.7 Å². The zero-order valence-corrected chi connectivity index (χ0v) is 8.22. The Morgan fingerprint density at radius 2 is 2.00 bits per heavy atom. The second-order valence-electron chi connectivity index (χ2n) is 2.78. The van der Waals surface area contributed by atoms with Crippen LogP contribution in [0.15, 0.2) is 18.7 Å². The number of hydrogen-bond donors (Lipinski definition) is 0. The van der Waals surface area contributed by atoms with Gasteiger partial charge in [0.2, 0.25) is 0 Å². The van der Waals surface area contributed by atoms with Crippen LogP contribution in [-0.2, 0) is 0 Å². The molecule has 0 heterocycles. The van der Waals surface area contributed by atoms with Gasteiger partial charge >= 0.3 is 0 Å². The summed E-state index contributed by atoms with van der Waals surface area (Å²) >= 11 is 5.42. The summed E-state index contributed by atoms with van der Waals surface area (Å²) in [5, 5.41) is 10.5. The van der Waals surface area contributed by atoms with Gasteiger partial charge in [-0.2, -0.15) is 0 Å². The molecule has 6 heteroatoms. The zero-order valence-electron chi connectivity index (χ0n) is 7.47. The van der Waals surface area contributed by atoms with Gasteiger partial charge in [-0.15, -0.1) is 11.6 Å². The van der Waals surface area contributed by atoms with E-state index in [0.29, 0.717) is 6.07 Å². The van der Waals surface area contributed by atoms with E-state index in [9.17, 15) is 18.9 Å². The van der Waals surface area contributed by atoms with Gasteiger partial charge in [0.05, 0.1) is 16.6 Å². The van der Waals surface area contributed by atoms with Gasteiger partial charge in [-0.05, 0) is 11.6 Å². The molecule has 0 aromatic heterocycles. The molecule has 0 saturated heterocycles. The van der Waals surface area contributed by atoms with E-state index in [1.807, 2.05) is 0 Å². The minimum absolute atomic E-state index is 0.0890. The third-order valence-electron chi connectivity index (χ3n) is 1.78. The lowest BCUT2D eigenvalue weighted by molar-refractivity contribution is -0.385. The van der Waals surface area contributed by atoms with Gasteiger partial charge in [0.25, 0.3) is 5.69 Å². The number of hydrogen-bond acceptors (Lipinski definition) is 2. The average molecular weight is 234 g/mol. The molecular weight excluding hydrogens is 228 g/mol. The van der Waals surface area contributed by atoms with Crippen molar-refractivity contribution in [1.82, 2.24) is 0 Å². The number of nitrogens with zero attached hydrogens (tertiary/aromatic N) is 1. The molecule has 0 radical (unpaired) electrons. The Morgan fingerprint density at radius 3 is 2.47 bits per heavy atom. The van der Waals surface area contributed by atoms with Gasteiger partial charge < -0.3 is 0 Å². The van der Waals surface area contributed by atoms with Crippen molar-refractivity contribution in [3.05, 3.63) is 46.0 Å². The number of nitro benzene ring substituents is 1. The maximum Gasteiger partial charge on any atom is 0.280 e. The first-order chi connectivity index (χ1) is 6.97. The summed E-state index contributed by atoms with van der Waals surface area (Å²) < 4.78 is 25.6. The molecule has 0 unspecified atom stereocenters. The predicted molar refractivity (Wildman–Crippen MR) is 52.8 cm³/mol. The van der Waals surface area contributed by atoms with E-state index in [1.165, 1.54) is 0 Å². The summed E-state index contributed by atoms with van der Waals surface area (Å²) in [7, 11) is 0. The van der Waals surface area contributed by atoms with E-state index in [-0.39, 0.29) is 17.0 Å². The quantitative estimate of drug-likeness (QED) is 0.457. The molecule has 1 aromatic carbocycles. The molecule has 0 amide bonds. The van der Waals surface area contributed by atoms with Crippen molar-refractivity contribution >= 4 is 22.9 Å². The van der Waals surface area contributed by atoms with Crippen molar-refractivity contribution in [2.75, 3.05) is 5.88 Å². The van der Waals surface area contributed by atoms with Crippen LogP contribution in [0, 0.1) is 21.7 Å². The van der Waals surface area contributed by atoms with E-state index < -0.39 is 22.2 Å². The van der Waals surface area contributed by atoms with E-state index in [1.54, 1.807) is 0 Å². The van der Waals surface area contributed by atoms with Crippen LogP contribution >= 0.6 is 11.6 Å². The van der Waals surface area contributed by atoms with Crippen LogP contribution in [0.5, 0.6) is 0 Å². The number of benzene rings is 1. The molecule has 1 rings (SSSR count). The summed E-state index contributed by atoms with van der Waals surface area (Å²) in [6.45, 7) is 3.43. The van der Waals surface area contributed by atoms with Crippen LogP contribution in [0.25, 0.3) is 5.57 Å². The first-order valence-corrected chi connectivity index (χ1v) is 4.38. The first-order valence-electron chi connectivity index (χ1n) is 3.85. The lowest BCUT2D eigenvalue weighted by Crippen LogP contribution is -1.98. The summed E-state index contributed by atoms with van der Waals surface area (Å²) in [4.78, 5) is 9.73. The largest absolute Gasteiger partial charge is 0.280 e. The minimum Gasteiger partial charge on any atom is -0.258 e. The third kappa shape index (κ3) is 2.30. The molecule has 0 spiro atoms. The molecule has 0 bridgehead atoms. The Kier molecular flexibility index (Phi) is 3.36. The van der Waals surface area contributed by atoms with Gasteiger partial charge in [0, 0.05) is 5.88 Å². The van der Waals surface area contributed by atoms with Gasteiger partial charge in [0.1, 0.15) is 0 Å². The Hall–Kier alpha value is -1.49. The fraction of sp³-hybridized carbons (Fsp3) is 0.111. The fourth-order valence-electron chi connectivity index (χ4n) is 1.04. The molecule has 0 fully saturated rings. The van der Waals surface area contributed by atoms with Crippen molar-refractivity contribution in [2.24, 2.45) is 0 Å². The third-order valence-corrected chi connectivity index (χ3v) is 2.10. The van der Waals surface area contributed by atoms with E-state index in [4.69, 9.17) is 11.6 Å². The first kappa shape index (κ1) is 11.6. The molecule has 0 N–H and O–H groups in total. The standard InChI is InChI=1S/C9H6ClF2NO2/c1-5(4-10)6-2-7(11)8(12)3-9(6)13(14)15/h2-3H,1,4H2. The van der Waals surface area contributed by atoms with Crippen LogP contribution < -0.4 is 0 Å². The molecule has 3 nitrogen and oxygen atoms in total. The Labute approximate surface area is 89.1 Å². The highest BCUT2D eigenvalue weighted by Gasteiger charge is 2.19. The Bertz CT molecular complexity index is 434. The fourth-order valence-corrected chi connectivity index (χ4v) is 1.19. The molecular formula is C9H6ClF2NO2. The molecule has 0 aliphatic rings. The second kappa shape index (κ2) is 4.35. The van der Waals surface area contributed by atoms with E-state index in [2.05, 4.69) is 6.58 Å². The Balaban J connectivity index is 3.41. The maximum absolute atomic E-state index is 12.8. The highest BCUT2D eigenvalue weighted by Crippen LogP contribution is 2.28. The summed E-state index contributed by atoms with van der Waals surface area (Å²) in [6.07, 6.45) is 0. The van der Waals surface area contributed by atoms with E-state index >= 15 is 0 Å². The SMILES string of the molecule is C=C(CCl)c1cc(F)c(F)cc1[N+](=O)[O-]. The molecule has 0 aliphatic heterocycles. The minimum atomic E-state index is -1.27. The van der Waals surface area contributed by atoms with Crippen LogP contribution in [-0.4, -0.2) is 10.8 Å². The monoisotopic (exact) mass is 233 g/mol. The summed E-state index contributed by atoms with van der Waals surface area (Å²) in [6, 6.07) is 1.24. The smallest absolute Gasteiger partial charge is 0.258 e. The number of rotatable bonds is 3. The van der Waals surface area contributed by atoms with Gasteiger partial charge in [-0.25, -0.2) is 8.78 Å². The molecule has 0 aliphatic carbocycles. The molecule has 0 atom stereocenters. The molecule has 80 valence electrons. The maximum atomic E-state index is 12.8. The topological polar surface area (TPSA) is 43.1 Å². The van der Waals surface area contributed by atoms with Crippen LogP contribution in [0.4, 0.5) is 14.5 Å². The zero-order chi connectivity index (χ0) is 11.6. The van der Waals surface area contributed by atoms with Gasteiger partial charge in [-0.3, -0.25) is 10.1 Å². The molecule has 1 aromatic rings. The molecule has 0 saturated carbocycles. The van der Waals surface area contributed by atoms with Gasteiger partial charge in [-0.1, -0.05) is 6.58 Å². The van der Waals surface area contributed by atoms with E-state index in [0.717, 1.165) is 6.07 Å². The lowest BCUT2D eigenvalue weighted by Gasteiger charge is -2.04. The van der Waals surface area contributed by atoms with Crippen molar-refractivity contribution in [1.29, 1.82) is 0 Å². The van der Waals surface area contributed by atoms with Crippen LogP contribution in [0.1, 0.15) is 5.56 Å². The normalized spacial score (nSPS) is 10.1. The van der Waals surface area contributed by atoms with Gasteiger partial charge in [0.15, 0.2) is 11.6 Å². The Morgan fingerprint density at radius 1 is 1.47 bits per heavy atom. The lowest BCUT2D eigenvalue weighted by atomic mass is 10.1. The number of alkyl halides is 1. The predicted octanol–water partition coefficient (Wildman–Crippen LogP) is 3.13. The number of allylic oxidation sites excluding steroid dienone is 1. The van der Waals surface area contributed by atoms with Crippen LogP contribution in [0.3, 0.4) is 0 Å². The average Bonchev–Trinajstić information content (AvgIpc) is 2.20. The van der Waals surface area contributed by atoms with Crippen molar-refractivity contribution in [3.63, 3.8) is 0 Å². The highest BCUT2D eigenvalue weighted by molar-refractivity contribution is 6.23. The molecule has 15 heavy (non-hydrogen) atoms. The number of halogens is 3. The summed E-state index contributed by atoms with van der Waals surface area (Å²) in [5.74, 6) is -2.53. The highest BCUT2D eigenvalue weighted by atomic mass is 35.5. The second-order valence-corrected chi connectivity index (χ2v) is 3.05.